The molecule has 0 atom stereocenters. The number of hydrogen-bond donors (Lipinski definition) is 1. The Balaban J connectivity index is 2.09. The first-order chi connectivity index (χ1) is 11.0. The summed E-state index contributed by atoms with van der Waals surface area (Å²) < 4.78 is 29.4. The van der Waals surface area contributed by atoms with Gasteiger partial charge in [0.15, 0.2) is 5.13 Å². The largest absolute Gasteiger partial charge is 0.434 e. The number of anilines is 1. The molecule has 2 aromatic rings. The van der Waals surface area contributed by atoms with Crippen molar-refractivity contribution in [3.8, 4) is 17.0 Å². The normalized spacial score (nSPS) is 11.0. The second-order valence-electron chi connectivity index (χ2n) is 5.39. The van der Waals surface area contributed by atoms with Crippen molar-refractivity contribution in [2.45, 2.75) is 33.3 Å². The molecule has 0 bridgehead atoms. The molecule has 1 aromatic heterocycles. The fourth-order valence-corrected chi connectivity index (χ4v) is 2.66. The lowest BCUT2D eigenvalue weighted by atomic mass is 10.1. The monoisotopic (exact) mass is 340 g/mol. The first-order valence-corrected chi connectivity index (χ1v) is 8.13. The highest BCUT2D eigenvalue weighted by atomic mass is 32.1. The summed E-state index contributed by atoms with van der Waals surface area (Å²) in [4.78, 5) is 16.1. The number of ether oxygens (including phenoxy) is 1. The van der Waals surface area contributed by atoms with Gasteiger partial charge in [-0.15, -0.1) is 11.3 Å². The van der Waals surface area contributed by atoms with E-state index < -0.39 is 6.61 Å². The van der Waals surface area contributed by atoms with Crippen LogP contribution in [0.15, 0.2) is 29.6 Å². The van der Waals surface area contributed by atoms with E-state index in [1.165, 1.54) is 17.4 Å². The Hall–Kier alpha value is -2.02. The molecule has 2 rings (SSSR count). The molecule has 0 saturated carbocycles. The van der Waals surface area contributed by atoms with Crippen LogP contribution in [0.1, 0.15) is 26.7 Å². The van der Waals surface area contributed by atoms with Crippen LogP contribution >= 0.6 is 11.3 Å². The number of nitrogens with zero attached hydrogens (tertiary/aromatic N) is 1. The van der Waals surface area contributed by atoms with Gasteiger partial charge in [-0.05, 0) is 24.5 Å². The summed E-state index contributed by atoms with van der Waals surface area (Å²) in [6, 6.07) is 6.44. The topological polar surface area (TPSA) is 51.2 Å². The Morgan fingerprint density at radius 2 is 2.09 bits per heavy atom. The summed E-state index contributed by atoms with van der Waals surface area (Å²) >= 11 is 1.25. The maximum atomic E-state index is 12.4. The van der Waals surface area contributed by atoms with E-state index in [2.05, 4.69) is 28.9 Å². The summed E-state index contributed by atoms with van der Waals surface area (Å²) in [6.07, 6.45) is 1.23. The van der Waals surface area contributed by atoms with Crippen molar-refractivity contribution in [2.24, 2.45) is 5.92 Å². The molecule has 0 radical (unpaired) electrons. The molecular weight excluding hydrogens is 322 g/mol. The van der Waals surface area contributed by atoms with Gasteiger partial charge in [-0.3, -0.25) is 4.79 Å². The third-order valence-electron chi connectivity index (χ3n) is 3.08. The summed E-state index contributed by atoms with van der Waals surface area (Å²) in [6.45, 7) is 1.20. The first kappa shape index (κ1) is 17.3. The van der Waals surface area contributed by atoms with Gasteiger partial charge in [0.25, 0.3) is 0 Å². The number of benzene rings is 1. The van der Waals surface area contributed by atoms with E-state index in [1.807, 2.05) is 0 Å². The molecule has 0 unspecified atom stereocenters. The number of para-hydroxylation sites is 1. The molecule has 1 heterocycles. The predicted octanol–water partition coefficient (Wildman–Crippen LogP) is 4.79. The van der Waals surface area contributed by atoms with E-state index in [0.29, 0.717) is 28.7 Å². The Bertz CT molecular complexity index is 659. The Labute approximate surface area is 137 Å². The molecule has 4 nitrogen and oxygen atoms in total. The Kier molecular flexibility index (Phi) is 6.04. The van der Waals surface area contributed by atoms with Crippen molar-refractivity contribution in [3.63, 3.8) is 0 Å². The molecule has 7 heteroatoms. The molecule has 0 spiro atoms. The van der Waals surface area contributed by atoms with Gasteiger partial charge in [-0.2, -0.15) is 8.78 Å². The number of halogens is 2. The van der Waals surface area contributed by atoms with Gasteiger partial charge in [0.05, 0.1) is 5.69 Å². The van der Waals surface area contributed by atoms with Crippen LogP contribution in [0.4, 0.5) is 13.9 Å². The van der Waals surface area contributed by atoms with Gasteiger partial charge >= 0.3 is 6.61 Å². The molecule has 0 aliphatic heterocycles. The number of rotatable bonds is 7. The van der Waals surface area contributed by atoms with Crippen molar-refractivity contribution >= 4 is 22.4 Å². The molecule has 0 saturated heterocycles. The minimum Gasteiger partial charge on any atom is -0.434 e. The molecular formula is C16H18F2N2O2S. The van der Waals surface area contributed by atoms with Crippen LogP contribution in [-0.4, -0.2) is 17.5 Å². The van der Waals surface area contributed by atoms with Crippen LogP contribution in [0.25, 0.3) is 11.3 Å². The quantitative estimate of drug-likeness (QED) is 0.789. The number of carbonyl (C=O) groups excluding carboxylic acids is 1. The standard InChI is InChI=1S/C16H18F2N2O2S/c1-10(2)7-8-14(21)20-16-19-12(9-23-16)11-5-3-4-6-13(11)22-15(17)18/h3-6,9-10,15H,7-8H2,1-2H3,(H,19,20,21). The highest BCUT2D eigenvalue weighted by Crippen LogP contribution is 2.33. The van der Waals surface area contributed by atoms with Gasteiger partial charge in [0.1, 0.15) is 5.75 Å². The summed E-state index contributed by atoms with van der Waals surface area (Å²) in [5.74, 6) is 0.410. The number of nitrogens with one attached hydrogen (secondary N) is 1. The van der Waals surface area contributed by atoms with Crippen molar-refractivity contribution in [1.82, 2.24) is 4.98 Å². The molecule has 0 aliphatic rings. The molecule has 1 N–H and O–H groups in total. The van der Waals surface area contributed by atoms with E-state index in [-0.39, 0.29) is 11.7 Å². The van der Waals surface area contributed by atoms with Crippen LogP contribution in [0.3, 0.4) is 0 Å². The average molecular weight is 340 g/mol. The van der Waals surface area contributed by atoms with E-state index in [0.717, 1.165) is 6.42 Å². The third-order valence-corrected chi connectivity index (χ3v) is 3.84. The second-order valence-corrected chi connectivity index (χ2v) is 6.25. The van der Waals surface area contributed by atoms with Crippen molar-refractivity contribution in [3.05, 3.63) is 29.6 Å². The van der Waals surface area contributed by atoms with Gasteiger partial charge in [-0.25, -0.2) is 4.98 Å². The van der Waals surface area contributed by atoms with E-state index >= 15 is 0 Å². The average Bonchev–Trinajstić information content (AvgIpc) is 2.93. The zero-order valence-corrected chi connectivity index (χ0v) is 13.7. The lowest BCUT2D eigenvalue weighted by Crippen LogP contribution is -2.11. The smallest absolute Gasteiger partial charge is 0.387 e. The van der Waals surface area contributed by atoms with E-state index in [1.54, 1.807) is 23.6 Å². The highest BCUT2D eigenvalue weighted by Gasteiger charge is 2.14. The number of alkyl halides is 2. The van der Waals surface area contributed by atoms with Crippen LogP contribution in [0.2, 0.25) is 0 Å². The van der Waals surface area contributed by atoms with Crippen LogP contribution in [-0.2, 0) is 4.79 Å². The molecule has 1 aromatic carbocycles. The Morgan fingerprint density at radius 1 is 1.35 bits per heavy atom. The maximum absolute atomic E-state index is 12.4. The molecule has 23 heavy (non-hydrogen) atoms. The minimum absolute atomic E-state index is 0.0606. The first-order valence-electron chi connectivity index (χ1n) is 7.25. The van der Waals surface area contributed by atoms with E-state index in [4.69, 9.17) is 0 Å². The number of amides is 1. The summed E-state index contributed by atoms with van der Waals surface area (Å²) in [5, 5.41) is 4.87. The lowest BCUT2D eigenvalue weighted by molar-refractivity contribution is -0.116. The minimum atomic E-state index is -2.90. The van der Waals surface area contributed by atoms with Crippen LogP contribution < -0.4 is 10.1 Å². The number of carbonyl (C=O) groups is 1. The fourth-order valence-electron chi connectivity index (χ4n) is 1.93. The fraction of sp³-hybridized carbons (Fsp3) is 0.375. The second kappa shape index (κ2) is 8.01. The predicted molar refractivity (Wildman–Crippen MR) is 86.9 cm³/mol. The number of hydrogen-bond acceptors (Lipinski definition) is 4. The van der Waals surface area contributed by atoms with Crippen LogP contribution in [0, 0.1) is 5.92 Å². The van der Waals surface area contributed by atoms with Gasteiger partial charge < -0.3 is 10.1 Å². The highest BCUT2D eigenvalue weighted by molar-refractivity contribution is 7.14. The molecule has 1 amide bonds. The van der Waals surface area contributed by atoms with E-state index in [9.17, 15) is 13.6 Å². The lowest BCUT2D eigenvalue weighted by Gasteiger charge is -2.08. The summed E-state index contributed by atoms with van der Waals surface area (Å²) in [5.41, 5.74) is 0.956. The van der Waals surface area contributed by atoms with Gasteiger partial charge in [0, 0.05) is 17.4 Å². The molecule has 0 aliphatic carbocycles. The number of thiazole rings is 1. The zero-order valence-electron chi connectivity index (χ0n) is 12.9. The Morgan fingerprint density at radius 3 is 2.78 bits per heavy atom. The van der Waals surface area contributed by atoms with Gasteiger partial charge in [0.2, 0.25) is 5.91 Å². The molecule has 0 fully saturated rings. The number of aromatic nitrogens is 1. The van der Waals surface area contributed by atoms with Crippen molar-refractivity contribution < 1.29 is 18.3 Å². The van der Waals surface area contributed by atoms with Crippen LogP contribution in [0.5, 0.6) is 5.75 Å². The maximum Gasteiger partial charge on any atom is 0.387 e. The third kappa shape index (κ3) is 5.28. The molecule has 124 valence electrons. The zero-order chi connectivity index (χ0) is 16.8. The van der Waals surface area contributed by atoms with Crippen molar-refractivity contribution in [1.29, 1.82) is 0 Å². The SMILES string of the molecule is CC(C)CCC(=O)Nc1nc(-c2ccccc2OC(F)F)cs1. The summed E-state index contributed by atoms with van der Waals surface area (Å²) in [7, 11) is 0. The van der Waals surface area contributed by atoms with Gasteiger partial charge in [-0.1, -0.05) is 26.0 Å². The van der Waals surface area contributed by atoms with Crippen molar-refractivity contribution in [2.75, 3.05) is 5.32 Å².